The summed E-state index contributed by atoms with van der Waals surface area (Å²) in [6.07, 6.45) is -2.38. The molecule has 2 saturated heterocycles. The van der Waals surface area contributed by atoms with E-state index in [-0.39, 0.29) is 12.8 Å². The molecule has 3 aliphatic carbocycles. The number of hydrogen-bond donors (Lipinski definition) is 3. The average molecular weight is 633 g/mol. The van der Waals surface area contributed by atoms with E-state index in [0.717, 1.165) is 5.56 Å². The van der Waals surface area contributed by atoms with Crippen molar-refractivity contribution in [1.82, 2.24) is 0 Å². The Morgan fingerprint density at radius 3 is 2.38 bits per heavy atom. The van der Waals surface area contributed by atoms with Crippen molar-refractivity contribution in [3.05, 3.63) is 24.2 Å². The van der Waals surface area contributed by atoms with Gasteiger partial charge in [-0.1, -0.05) is 41.0 Å². The number of furan rings is 1. The summed E-state index contributed by atoms with van der Waals surface area (Å²) in [4.78, 5) is 39.4. The summed E-state index contributed by atoms with van der Waals surface area (Å²) in [5, 5.41) is 35.9. The van der Waals surface area contributed by atoms with Crippen molar-refractivity contribution in [2.45, 2.75) is 135 Å². The lowest BCUT2D eigenvalue weighted by molar-refractivity contribution is -0.463. The molecular formula is C34H48O11. The van der Waals surface area contributed by atoms with Crippen molar-refractivity contribution in [2.75, 3.05) is 0 Å². The second kappa shape index (κ2) is 10.3. The van der Waals surface area contributed by atoms with Crippen molar-refractivity contribution in [2.24, 2.45) is 34.0 Å². The average Bonchev–Trinajstić information content (AvgIpc) is 3.55. The number of cyclic esters (lactones) is 1. The van der Waals surface area contributed by atoms with Gasteiger partial charge >= 0.3 is 17.9 Å². The van der Waals surface area contributed by atoms with Crippen LogP contribution in [0.15, 0.2) is 23.0 Å². The molecule has 0 unspecified atom stereocenters. The maximum Gasteiger partial charge on any atom is 0.335 e. The first-order valence-electron chi connectivity index (χ1n) is 16.3. The third-order valence-electron chi connectivity index (χ3n) is 13.2. The number of aliphatic hydroxyl groups is 3. The number of aliphatic hydroxyl groups excluding tert-OH is 3. The summed E-state index contributed by atoms with van der Waals surface area (Å²) in [6.45, 7) is 14.3. The van der Waals surface area contributed by atoms with Crippen LogP contribution in [0.25, 0.3) is 0 Å². The van der Waals surface area contributed by atoms with Gasteiger partial charge < -0.3 is 38.7 Å². The van der Waals surface area contributed by atoms with Crippen LogP contribution in [0.4, 0.5) is 0 Å². The Morgan fingerprint density at radius 2 is 1.78 bits per heavy atom. The topological polar surface area (TPSA) is 162 Å². The molecule has 0 amide bonds. The molecule has 6 rings (SSSR count). The van der Waals surface area contributed by atoms with Gasteiger partial charge in [0.1, 0.15) is 23.4 Å². The van der Waals surface area contributed by atoms with Crippen LogP contribution in [0.1, 0.15) is 92.6 Å². The van der Waals surface area contributed by atoms with E-state index in [1.54, 1.807) is 25.5 Å². The van der Waals surface area contributed by atoms with Crippen molar-refractivity contribution in [1.29, 1.82) is 0 Å². The predicted molar refractivity (Wildman–Crippen MR) is 157 cm³/mol. The molecule has 11 nitrogen and oxygen atoms in total. The standard InChI is InChI=1S/C34H48O11/c1-9-16(2)25(38)29(40)43-28-26(39)27-31(6)20(30(4,5)45-24(37)14-22(31)42-17(3)35)13-23-33(27,8)34(44-23)21(36)12-19(32(28,34)7)18-10-11-41-15-18/h10-11,15-16,19-23,25-28,36,38-39H,9,12-14H2,1-8H3/t16-,19+,20+,21-,22+,23-,25+,26-,27-,28+,31-,32-,33-,34+/m1/s1. The Labute approximate surface area is 263 Å². The maximum atomic E-state index is 13.7. The maximum absolute atomic E-state index is 13.7. The molecule has 1 spiro atoms. The number of carbonyl (C=O) groups is 3. The molecule has 5 fully saturated rings. The highest BCUT2D eigenvalue weighted by molar-refractivity contribution is 5.75. The van der Waals surface area contributed by atoms with Crippen LogP contribution in [0, 0.1) is 34.0 Å². The lowest BCUT2D eigenvalue weighted by atomic mass is 9.32. The third-order valence-corrected chi connectivity index (χ3v) is 13.2. The van der Waals surface area contributed by atoms with E-state index in [4.69, 9.17) is 23.4 Å². The summed E-state index contributed by atoms with van der Waals surface area (Å²) < 4.78 is 30.5. The van der Waals surface area contributed by atoms with E-state index >= 15 is 0 Å². The first kappa shape index (κ1) is 32.5. The van der Waals surface area contributed by atoms with Gasteiger partial charge in [0.2, 0.25) is 0 Å². The molecule has 3 heterocycles. The molecule has 11 heteroatoms. The molecule has 45 heavy (non-hydrogen) atoms. The van der Waals surface area contributed by atoms with E-state index < -0.39 is 106 Å². The lowest BCUT2D eigenvalue weighted by Crippen LogP contribution is -2.89. The molecule has 1 aromatic heterocycles. The molecule has 0 radical (unpaired) electrons. The van der Waals surface area contributed by atoms with E-state index in [2.05, 4.69) is 0 Å². The van der Waals surface area contributed by atoms with Gasteiger partial charge in [0, 0.05) is 40.9 Å². The Morgan fingerprint density at radius 1 is 1.09 bits per heavy atom. The first-order chi connectivity index (χ1) is 20.9. The van der Waals surface area contributed by atoms with Crippen LogP contribution in [-0.2, 0) is 33.3 Å². The lowest BCUT2D eigenvalue weighted by Gasteiger charge is -2.80. The van der Waals surface area contributed by atoms with E-state index in [9.17, 15) is 29.7 Å². The number of ether oxygens (including phenoxy) is 4. The zero-order chi connectivity index (χ0) is 33.1. The Kier molecular flexibility index (Phi) is 7.41. The first-order valence-corrected chi connectivity index (χ1v) is 16.3. The van der Waals surface area contributed by atoms with Gasteiger partial charge in [-0.25, -0.2) is 4.79 Å². The zero-order valence-corrected chi connectivity index (χ0v) is 27.4. The van der Waals surface area contributed by atoms with E-state index in [1.165, 1.54) is 6.92 Å². The molecular weight excluding hydrogens is 584 g/mol. The minimum Gasteiger partial charge on any atom is -0.472 e. The van der Waals surface area contributed by atoms with Gasteiger partial charge in [0.25, 0.3) is 0 Å². The monoisotopic (exact) mass is 632 g/mol. The summed E-state index contributed by atoms with van der Waals surface area (Å²) in [5.74, 6) is -4.03. The smallest absolute Gasteiger partial charge is 0.335 e. The predicted octanol–water partition coefficient (Wildman–Crippen LogP) is 3.27. The van der Waals surface area contributed by atoms with Gasteiger partial charge in [-0.15, -0.1) is 0 Å². The van der Waals surface area contributed by atoms with Crippen LogP contribution >= 0.6 is 0 Å². The second-order valence-corrected chi connectivity index (χ2v) is 15.5. The van der Waals surface area contributed by atoms with Crippen LogP contribution in [0.3, 0.4) is 0 Å². The van der Waals surface area contributed by atoms with E-state index in [1.807, 2.05) is 41.5 Å². The minimum atomic E-state index is -1.44. The largest absolute Gasteiger partial charge is 0.472 e. The third kappa shape index (κ3) is 3.93. The summed E-state index contributed by atoms with van der Waals surface area (Å²) in [6, 6.07) is 1.80. The number of fused-ring (bicyclic) bond motifs is 2. The summed E-state index contributed by atoms with van der Waals surface area (Å²) >= 11 is 0. The van der Waals surface area contributed by atoms with Gasteiger partial charge in [0.15, 0.2) is 6.10 Å². The fourth-order valence-electron chi connectivity index (χ4n) is 11.2. The number of hydrogen-bond acceptors (Lipinski definition) is 11. The normalized spacial score (nSPS) is 47.5. The van der Waals surface area contributed by atoms with Crippen LogP contribution in [-0.4, -0.2) is 81.1 Å². The molecule has 1 aromatic rings. The summed E-state index contributed by atoms with van der Waals surface area (Å²) in [5.41, 5.74) is -4.73. The number of carbonyl (C=O) groups excluding carboxylic acids is 3. The molecule has 0 aromatic carbocycles. The Bertz CT molecular complexity index is 1360. The summed E-state index contributed by atoms with van der Waals surface area (Å²) in [7, 11) is 0. The highest BCUT2D eigenvalue weighted by Gasteiger charge is 2.90. The number of rotatable bonds is 6. The SMILES string of the molecule is CC[C@@H](C)[C@H](O)C(=O)O[C@H]1[C@H](O)[C@@H]2[C@@]3(C)[C@@H](OC(C)=O)CC(=O)OC(C)(C)[C@@H]3C[C@H]3O[C@]4([C@H](O)C[C@@H](c5ccoc5)[C@]14C)[C@@]23C. The Hall–Kier alpha value is -2.47. The zero-order valence-electron chi connectivity index (χ0n) is 27.4. The second-order valence-electron chi connectivity index (χ2n) is 15.5. The minimum absolute atomic E-state index is 0.220. The molecule has 0 bridgehead atoms. The fraction of sp³-hybridized carbons (Fsp3) is 0.794. The van der Waals surface area contributed by atoms with Gasteiger partial charge in [-0.2, -0.15) is 0 Å². The fourth-order valence-corrected chi connectivity index (χ4v) is 11.2. The van der Waals surface area contributed by atoms with Gasteiger partial charge in [-0.05, 0) is 44.2 Å². The van der Waals surface area contributed by atoms with Crippen molar-refractivity contribution in [3.8, 4) is 0 Å². The molecule has 3 N–H and O–H groups in total. The van der Waals surface area contributed by atoms with Crippen LogP contribution < -0.4 is 0 Å². The highest BCUT2D eigenvalue weighted by Crippen LogP contribution is 2.81. The van der Waals surface area contributed by atoms with Gasteiger partial charge in [-0.3, -0.25) is 9.59 Å². The number of esters is 3. The van der Waals surface area contributed by atoms with Crippen molar-refractivity contribution >= 4 is 17.9 Å². The van der Waals surface area contributed by atoms with Crippen molar-refractivity contribution < 1.29 is 53.1 Å². The molecule has 250 valence electrons. The van der Waals surface area contributed by atoms with Crippen LogP contribution in [0.5, 0.6) is 0 Å². The molecule has 14 atom stereocenters. The van der Waals surface area contributed by atoms with Crippen molar-refractivity contribution in [3.63, 3.8) is 0 Å². The quantitative estimate of drug-likeness (QED) is 0.312. The molecule has 5 aliphatic rings. The van der Waals surface area contributed by atoms with E-state index in [0.29, 0.717) is 12.8 Å². The Balaban J connectivity index is 1.58. The molecule has 3 saturated carbocycles. The van der Waals surface area contributed by atoms with Gasteiger partial charge in [0.05, 0.1) is 37.3 Å². The highest BCUT2D eigenvalue weighted by atomic mass is 16.6. The van der Waals surface area contributed by atoms with Crippen LogP contribution in [0.2, 0.25) is 0 Å². The molecule has 2 aliphatic heterocycles.